The zero-order chi connectivity index (χ0) is 12.4. The molecule has 0 unspecified atom stereocenters. The first-order chi connectivity index (χ1) is 8.11. The van der Waals surface area contributed by atoms with Gasteiger partial charge in [0, 0.05) is 5.56 Å². The molecule has 5 nitrogen and oxygen atoms in total. The maximum atomic E-state index is 13.3. The van der Waals surface area contributed by atoms with Crippen LogP contribution in [0.1, 0.15) is 10.5 Å². The Kier molecular flexibility index (Phi) is 2.58. The SMILES string of the molecule is [C-]#[N+]c1ccc(-c2nc(C(=O)O)co2)cc1F. The summed E-state index contributed by atoms with van der Waals surface area (Å²) in [7, 11) is 0. The first-order valence-electron chi connectivity index (χ1n) is 4.48. The van der Waals surface area contributed by atoms with Gasteiger partial charge in [0.1, 0.15) is 12.1 Å². The standard InChI is InChI=1S/C11H5FN2O3/c1-13-8-3-2-6(4-7(8)12)10-14-9(5-17-10)11(15)16/h2-5H,(H,15,16). The molecule has 0 bridgehead atoms. The van der Waals surface area contributed by atoms with Gasteiger partial charge in [-0.15, -0.1) is 0 Å². The van der Waals surface area contributed by atoms with Crippen molar-refractivity contribution in [3.63, 3.8) is 0 Å². The van der Waals surface area contributed by atoms with E-state index in [9.17, 15) is 9.18 Å². The van der Waals surface area contributed by atoms with Crippen LogP contribution in [-0.2, 0) is 0 Å². The summed E-state index contributed by atoms with van der Waals surface area (Å²) < 4.78 is 18.2. The molecule has 0 aliphatic heterocycles. The molecule has 0 spiro atoms. The smallest absolute Gasteiger partial charge is 0.357 e. The summed E-state index contributed by atoms with van der Waals surface area (Å²) in [6, 6.07) is 3.79. The molecule has 0 saturated heterocycles. The molecule has 2 aromatic rings. The minimum Gasteiger partial charge on any atom is -0.476 e. The minimum atomic E-state index is -1.22. The molecule has 0 aliphatic carbocycles. The second kappa shape index (κ2) is 4.06. The van der Waals surface area contributed by atoms with Crippen LogP contribution in [0.25, 0.3) is 16.3 Å². The maximum Gasteiger partial charge on any atom is 0.357 e. The zero-order valence-corrected chi connectivity index (χ0v) is 8.35. The van der Waals surface area contributed by atoms with Crippen LogP contribution in [-0.4, -0.2) is 16.1 Å². The average Bonchev–Trinajstić information content (AvgIpc) is 2.78. The summed E-state index contributed by atoms with van der Waals surface area (Å²) in [5.74, 6) is -1.93. The van der Waals surface area contributed by atoms with E-state index >= 15 is 0 Å². The fraction of sp³-hybridized carbons (Fsp3) is 0. The van der Waals surface area contributed by atoms with E-state index in [1.807, 2.05) is 0 Å². The summed E-state index contributed by atoms with van der Waals surface area (Å²) in [5, 5.41) is 8.65. The van der Waals surface area contributed by atoms with Crippen molar-refractivity contribution in [2.24, 2.45) is 0 Å². The predicted molar refractivity (Wildman–Crippen MR) is 55.1 cm³/mol. The number of carboxylic acid groups (broad SMARTS) is 1. The first-order valence-corrected chi connectivity index (χ1v) is 4.48. The number of halogens is 1. The van der Waals surface area contributed by atoms with Crippen LogP contribution in [0.2, 0.25) is 0 Å². The number of carbonyl (C=O) groups is 1. The molecule has 17 heavy (non-hydrogen) atoms. The molecule has 0 atom stereocenters. The minimum absolute atomic E-state index is 0.00201. The Morgan fingerprint density at radius 2 is 2.29 bits per heavy atom. The molecule has 84 valence electrons. The third-order valence-electron chi connectivity index (χ3n) is 2.04. The lowest BCUT2D eigenvalue weighted by Crippen LogP contribution is -1.95. The van der Waals surface area contributed by atoms with Crippen LogP contribution < -0.4 is 0 Å². The van der Waals surface area contributed by atoms with Crippen LogP contribution in [0.4, 0.5) is 10.1 Å². The Morgan fingerprint density at radius 1 is 1.53 bits per heavy atom. The van der Waals surface area contributed by atoms with E-state index in [2.05, 4.69) is 9.83 Å². The Morgan fingerprint density at radius 3 is 2.82 bits per heavy atom. The van der Waals surface area contributed by atoms with Crippen molar-refractivity contribution in [3.05, 3.63) is 47.4 Å². The summed E-state index contributed by atoms with van der Waals surface area (Å²) in [6.45, 7) is 6.69. The van der Waals surface area contributed by atoms with Crippen LogP contribution in [0.15, 0.2) is 28.9 Å². The average molecular weight is 232 g/mol. The highest BCUT2D eigenvalue weighted by molar-refractivity contribution is 5.85. The Hall–Kier alpha value is -2.68. The van der Waals surface area contributed by atoms with E-state index in [4.69, 9.17) is 16.1 Å². The van der Waals surface area contributed by atoms with Gasteiger partial charge in [-0.05, 0) is 6.07 Å². The Balaban J connectivity index is 2.43. The second-order valence-electron chi connectivity index (χ2n) is 3.12. The lowest BCUT2D eigenvalue weighted by Gasteiger charge is -1.97. The summed E-state index contributed by atoms with van der Waals surface area (Å²) in [5.41, 5.74) is -0.0872. The van der Waals surface area contributed by atoms with E-state index in [-0.39, 0.29) is 22.8 Å². The van der Waals surface area contributed by atoms with Gasteiger partial charge in [0.2, 0.25) is 11.6 Å². The number of hydrogen-bond donors (Lipinski definition) is 1. The van der Waals surface area contributed by atoms with Crippen molar-refractivity contribution < 1.29 is 18.7 Å². The third-order valence-corrected chi connectivity index (χ3v) is 2.04. The normalized spacial score (nSPS) is 9.88. The van der Waals surface area contributed by atoms with E-state index in [0.717, 1.165) is 12.3 Å². The molecule has 0 radical (unpaired) electrons. The molecule has 0 fully saturated rings. The zero-order valence-electron chi connectivity index (χ0n) is 8.35. The van der Waals surface area contributed by atoms with Crippen molar-refractivity contribution >= 4 is 11.7 Å². The largest absolute Gasteiger partial charge is 0.476 e. The highest BCUT2D eigenvalue weighted by Crippen LogP contribution is 2.25. The fourth-order valence-corrected chi connectivity index (χ4v) is 1.24. The lowest BCUT2D eigenvalue weighted by atomic mass is 10.2. The predicted octanol–water partition coefficient (Wildman–Crippen LogP) is 2.73. The number of hydrogen-bond acceptors (Lipinski definition) is 3. The number of benzene rings is 1. The molecule has 1 aromatic carbocycles. The third kappa shape index (κ3) is 1.99. The Labute approximate surface area is 95.0 Å². The number of nitrogens with zero attached hydrogens (tertiary/aromatic N) is 2. The maximum absolute atomic E-state index is 13.3. The molecule has 0 aliphatic rings. The molecule has 0 saturated carbocycles. The van der Waals surface area contributed by atoms with Gasteiger partial charge in [-0.25, -0.2) is 19.0 Å². The van der Waals surface area contributed by atoms with Gasteiger partial charge in [0.25, 0.3) is 0 Å². The van der Waals surface area contributed by atoms with Gasteiger partial charge in [-0.2, -0.15) is 0 Å². The molecular weight excluding hydrogens is 227 g/mol. The van der Waals surface area contributed by atoms with Gasteiger partial charge in [0.05, 0.1) is 6.57 Å². The molecule has 0 amide bonds. The van der Waals surface area contributed by atoms with Gasteiger partial charge in [0.15, 0.2) is 5.69 Å². The van der Waals surface area contributed by atoms with E-state index in [1.54, 1.807) is 0 Å². The van der Waals surface area contributed by atoms with Crippen molar-refractivity contribution in [2.45, 2.75) is 0 Å². The van der Waals surface area contributed by atoms with Gasteiger partial charge in [-0.3, -0.25) is 0 Å². The van der Waals surface area contributed by atoms with Gasteiger partial charge < -0.3 is 9.52 Å². The van der Waals surface area contributed by atoms with Crippen LogP contribution in [0.5, 0.6) is 0 Å². The van der Waals surface area contributed by atoms with Gasteiger partial charge >= 0.3 is 5.97 Å². The van der Waals surface area contributed by atoms with Crippen molar-refractivity contribution in [3.8, 4) is 11.5 Å². The number of oxazole rings is 1. The van der Waals surface area contributed by atoms with E-state index in [0.29, 0.717) is 0 Å². The van der Waals surface area contributed by atoms with Crippen molar-refractivity contribution in [1.82, 2.24) is 4.98 Å². The number of carboxylic acids is 1. The van der Waals surface area contributed by atoms with Crippen LogP contribution in [0, 0.1) is 12.4 Å². The first kappa shape index (κ1) is 10.8. The number of aromatic nitrogens is 1. The number of aromatic carboxylic acids is 1. The van der Waals surface area contributed by atoms with Crippen molar-refractivity contribution in [2.75, 3.05) is 0 Å². The highest BCUT2D eigenvalue weighted by atomic mass is 19.1. The molecule has 6 heteroatoms. The van der Waals surface area contributed by atoms with E-state index < -0.39 is 11.8 Å². The van der Waals surface area contributed by atoms with Gasteiger partial charge in [-0.1, -0.05) is 12.1 Å². The monoisotopic (exact) mass is 232 g/mol. The van der Waals surface area contributed by atoms with Crippen LogP contribution in [0.3, 0.4) is 0 Å². The topological polar surface area (TPSA) is 67.7 Å². The Bertz CT molecular complexity index is 628. The highest BCUT2D eigenvalue weighted by Gasteiger charge is 2.13. The quantitative estimate of drug-likeness (QED) is 0.808. The fourth-order valence-electron chi connectivity index (χ4n) is 1.24. The van der Waals surface area contributed by atoms with E-state index in [1.165, 1.54) is 12.1 Å². The van der Waals surface area contributed by atoms with Crippen LogP contribution >= 0.6 is 0 Å². The lowest BCUT2D eigenvalue weighted by molar-refractivity contribution is 0.0690. The molecule has 1 N–H and O–H groups in total. The van der Waals surface area contributed by atoms with Crippen molar-refractivity contribution in [1.29, 1.82) is 0 Å². The number of rotatable bonds is 2. The molecule has 1 aromatic heterocycles. The molecule has 1 heterocycles. The summed E-state index contributed by atoms with van der Waals surface area (Å²) >= 11 is 0. The molecular formula is C11H5FN2O3. The summed E-state index contributed by atoms with van der Waals surface area (Å²) in [4.78, 5) is 17.2. The summed E-state index contributed by atoms with van der Waals surface area (Å²) in [6.07, 6.45) is 0.971. The second-order valence-corrected chi connectivity index (χ2v) is 3.12. The molecule has 2 rings (SSSR count).